The van der Waals surface area contributed by atoms with E-state index in [2.05, 4.69) is 66.7 Å². The quantitative estimate of drug-likeness (QED) is 0.161. The molecule has 0 atom stereocenters. The van der Waals surface area contributed by atoms with Crippen LogP contribution in [0.15, 0.2) is 223 Å². The van der Waals surface area contributed by atoms with Gasteiger partial charge in [0.2, 0.25) is 0 Å². The first kappa shape index (κ1) is 31.5. The number of benzene rings is 9. The van der Waals surface area contributed by atoms with Crippen LogP contribution in [-0.4, -0.2) is 19.5 Å². The Morgan fingerprint density at radius 2 is 0.903 bits per heavy atom. The molecule has 0 aliphatic carbocycles. The first-order chi connectivity index (χ1) is 32.4. The van der Waals surface area contributed by atoms with Gasteiger partial charge in [0, 0.05) is 49.5 Å². The van der Waals surface area contributed by atoms with Crippen LogP contribution in [0.1, 0.15) is 5.48 Å². The first-order valence-corrected chi connectivity index (χ1v) is 20.5. The Kier molecular flexibility index (Phi) is 7.47. The summed E-state index contributed by atoms with van der Waals surface area (Å²) in [6.45, 7) is 0. The van der Waals surface area contributed by atoms with Crippen LogP contribution in [-0.2, 0) is 0 Å². The number of nitrogens with zero attached hydrogens (tertiary/aromatic N) is 4. The molecule has 0 aliphatic heterocycles. The fourth-order valence-corrected chi connectivity index (χ4v) is 8.59. The molecule has 0 aliphatic rings. The van der Waals surface area contributed by atoms with Crippen molar-refractivity contribution < 1.29 is 9.90 Å². The number of furan rings is 1. The predicted molar refractivity (Wildman–Crippen MR) is 254 cm³/mol. The zero-order chi connectivity index (χ0) is 44.5. The van der Waals surface area contributed by atoms with Gasteiger partial charge in [-0.3, -0.25) is 0 Å². The summed E-state index contributed by atoms with van der Waals surface area (Å²) in [5, 5.41) is 3.33. The van der Waals surface area contributed by atoms with Crippen molar-refractivity contribution in [3.8, 4) is 73.2 Å². The molecule has 0 spiro atoms. The van der Waals surface area contributed by atoms with Crippen molar-refractivity contribution in [2.24, 2.45) is 0 Å². The monoisotopic (exact) mass is 796 g/mol. The van der Waals surface area contributed by atoms with Gasteiger partial charge < -0.3 is 8.98 Å². The van der Waals surface area contributed by atoms with Crippen molar-refractivity contribution >= 4 is 43.7 Å². The van der Waals surface area contributed by atoms with Crippen molar-refractivity contribution in [3.05, 3.63) is 218 Å². The lowest BCUT2D eigenvalue weighted by Crippen LogP contribution is -2.00. The molecule has 12 rings (SSSR count). The standard InChI is InChI=1S/C57H36N4O/c1-3-13-37(14-4-1)38-25-27-40(28-26-38)46-21-12-22-50-47-19-7-9-23-51(47)61(54(46)50)45-32-29-39(30-33-45)42-17-11-18-43(35-42)56-58-55(41-15-5-2-6-16-41)59-57(60-56)44-31-34-49-48-20-8-10-24-52(48)62-53(49)36-44/h1-36H/i7D,9D,19D,23D. The number of fused-ring (bicyclic) bond motifs is 6. The van der Waals surface area contributed by atoms with Crippen LogP contribution in [0.5, 0.6) is 0 Å². The van der Waals surface area contributed by atoms with Gasteiger partial charge in [0.1, 0.15) is 11.2 Å². The third kappa shape index (κ3) is 6.14. The van der Waals surface area contributed by atoms with Crippen LogP contribution in [0.4, 0.5) is 0 Å². The van der Waals surface area contributed by atoms with Crippen LogP contribution in [0.3, 0.4) is 0 Å². The summed E-state index contributed by atoms with van der Waals surface area (Å²) in [4.78, 5) is 15.0. The summed E-state index contributed by atoms with van der Waals surface area (Å²) in [6, 6.07) is 64.2. The number of para-hydroxylation sites is 3. The van der Waals surface area contributed by atoms with Gasteiger partial charge in [0.05, 0.1) is 16.5 Å². The van der Waals surface area contributed by atoms with Gasteiger partial charge in [0.15, 0.2) is 17.5 Å². The third-order valence-corrected chi connectivity index (χ3v) is 11.6. The van der Waals surface area contributed by atoms with Gasteiger partial charge >= 0.3 is 0 Å². The molecule has 290 valence electrons. The van der Waals surface area contributed by atoms with Crippen molar-refractivity contribution in [2.75, 3.05) is 0 Å². The van der Waals surface area contributed by atoms with E-state index in [1.54, 1.807) is 0 Å². The van der Waals surface area contributed by atoms with Crippen LogP contribution in [0.2, 0.25) is 0 Å². The Labute approximate surface area is 363 Å². The van der Waals surface area contributed by atoms with E-state index in [4.69, 9.17) is 23.5 Å². The molecule has 3 heterocycles. The zero-order valence-electron chi connectivity index (χ0n) is 37.2. The highest BCUT2D eigenvalue weighted by molar-refractivity contribution is 6.14. The summed E-state index contributed by atoms with van der Waals surface area (Å²) in [5.41, 5.74) is 12.1. The molecule has 3 aromatic heterocycles. The second-order valence-corrected chi connectivity index (χ2v) is 15.3. The molecule has 0 fully saturated rings. The molecule has 0 amide bonds. The lowest BCUT2D eigenvalue weighted by Gasteiger charge is -2.13. The van der Waals surface area contributed by atoms with Crippen molar-refractivity contribution in [1.82, 2.24) is 19.5 Å². The average molecular weight is 797 g/mol. The second-order valence-electron chi connectivity index (χ2n) is 15.3. The van der Waals surface area contributed by atoms with E-state index >= 15 is 0 Å². The van der Waals surface area contributed by atoms with Crippen molar-refractivity contribution in [3.63, 3.8) is 0 Å². The van der Waals surface area contributed by atoms with E-state index in [1.165, 1.54) is 0 Å². The Morgan fingerprint density at radius 1 is 0.371 bits per heavy atom. The lowest BCUT2D eigenvalue weighted by molar-refractivity contribution is 0.669. The summed E-state index contributed by atoms with van der Waals surface area (Å²) < 4.78 is 43.8. The highest BCUT2D eigenvalue weighted by atomic mass is 16.3. The minimum atomic E-state index is -0.272. The fourth-order valence-electron chi connectivity index (χ4n) is 8.59. The van der Waals surface area contributed by atoms with E-state index in [0.29, 0.717) is 28.4 Å². The van der Waals surface area contributed by atoms with E-state index < -0.39 is 0 Å². The Balaban J connectivity index is 0.963. The van der Waals surface area contributed by atoms with Gasteiger partial charge in [-0.05, 0) is 70.3 Å². The van der Waals surface area contributed by atoms with Crippen LogP contribution in [0.25, 0.3) is 117 Å². The zero-order valence-corrected chi connectivity index (χ0v) is 33.2. The van der Waals surface area contributed by atoms with Gasteiger partial charge in [-0.2, -0.15) is 0 Å². The molecular weight excluding hydrogens is 757 g/mol. The second kappa shape index (κ2) is 14.7. The van der Waals surface area contributed by atoms with Gasteiger partial charge in [0.25, 0.3) is 0 Å². The van der Waals surface area contributed by atoms with E-state index in [1.807, 2.05) is 132 Å². The minimum absolute atomic E-state index is 0.0632. The Bertz CT molecular complexity index is 3850. The Hall–Kier alpha value is -8.41. The van der Waals surface area contributed by atoms with E-state index in [9.17, 15) is 1.37 Å². The average Bonchev–Trinajstić information content (AvgIpc) is 3.94. The molecule has 0 unspecified atom stereocenters. The largest absolute Gasteiger partial charge is 0.456 e. The third-order valence-electron chi connectivity index (χ3n) is 11.6. The molecule has 5 heteroatoms. The fraction of sp³-hybridized carbons (Fsp3) is 0. The molecule has 0 saturated carbocycles. The molecule has 0 N–H and O–H groups in total. The predicted octanol–water partition coefficient (Wildman–Crippen LogP) is 14.9. The SMILES string of the molecule is [2H]c1c([2H])c([2H])c2c(c1[2H])c1cccc(-c3ccc(-c4ccccc4)cc3)c1n2-c1ccc(-c2cccc(-c3nc(-c4ccccc4)nc(-c4ccc5c(c4)oc4ccccc45)n3)c2)cc1. The highest BCUT2D eigenvalue weighted by Gasteiger charge is 2.18. The molecule has 62 heavy (non-hydrogen) atoms. The number of hydrogen-bond acceptors (Lipinski definition) is 4. The maximum atomic E-state index is 9.19. The number of aromatic nitrogens is 4. The minimum Gasteiger partial charge on any atom is -0.456 e. The maximum Gasteiger partial charge on any atom is 0.164 e. The smallest absolute Gasteiger partial charge is 0.164 e. The molecule has 5 nitrogen and oxygen atoms in total. The van der Waals surface area contributed by atoms with Gasteiger partial charge in [-0.1, -0.05) is 176 Å². The Morgan fingerprint density at radius 3 is 1.69 bits per heavy atom. The molecular formula is C57H36N4O. The summed E-state index contributed by atoms with van der Waals surface area (Å²) in [5.74, 6) is 1.63. The first-order valence-electron chi connectivity index (χ1n) is 22.5. The number of rotatable bonds is 7. The van der Waals surface area contributed by atoms with Crippen molar-refractivity contribution in [2.45, 2.75) is 0 Å². The summed E-state index contributed by atoms with van der Waals surface area (Å²) in [7, 11) is 0. The molecule has 0 bridgehead atoms. The molecule has 0 radical (unpaired) electrons. The summed E-state index contributed by atoms with van der Waals surface area (Å²) >= 11 is 0. The maximum absolute atomic E-state index is 9.19. The lowest BCUT2D eigenvalue weighted by atomic mass is 9.98. The topological polar surface area (TPSA) is 56.7 Å². The summed E-state index contributed by atoms with van der Waals surface area (Å²) in [6.07, 6.45) is 0. The van der Waals surface area contributed by atoms with Gasteiger partial charge in [-0.15, -0.1) is 0 Å². The van der Waals surface area contributed by atoms with Crippen LogP contribution < -0.4 is 0 Å². The normalized spacial score (nSPS) is 12.5. The molecule has 12 aromatic rings. The molecule has 9 aromatic carbocycles. The van der Waals surface area contributed by atoms with Crippen LogP contribution in [0, 0.1) is 0 Å². The number of hydrogen-bond donors (Lipinski definition) is 0. The highest BCUT2D eigenvalue weighted by Crippen LogP contribution is 2.39. The van der Waals surface area contributed by atoms with Crippen LogP contribution >= 0.6 is 0 Å². The van der Waals surface area contributed by atoms with Crippen molar-refractivity contribution in [1.29, 1.82) is 0 Å². The van der Waals surface area contributed by atoms with Gasteiger partial charge in [-0.25, -0.2) is 15.0 Å². The van der Waals surface area contributed by atoms with E-state index in [0.717, 1.165) is 88.6 Å². The molecule has 0 saturated heterocycles. The van der Waals surface area contributed by atoms with E-state index in [-0.39, 0.29) is 24.2 Å².